The van der Waals surface area contributed by atoms with Crippen LogP contribution in [0.4, 0.5) is 0 Å². The number of phenolic OH excluding ortho intramolecular Hbond substituents is 2. The molecule has 1 aliphatic heterocycles. The first-order valence-electron chi connectivity index (χ1n) is 9.73. The molecule has 5 nitrogen and oxygen atoms in total. The minimum absolute atomic E-state index is 0.0225. The lowest BCUT2D eigenvalue weighted by atomic mass is 10.1. The van der Waals surface area contributed by atoms with Crippen molar-refractivity contribution in [3.05, 3.63) is 52.1 Å². The first kappa shape index (κ1) is 21.6. The summed E-state index contributed by atoms with van der Waals surface area (Å²) in [5.41, 5.74) is 4.70. The average Bonchev–Trinajstić information content (AvgIpc) is 2.98. The van der Waals surface area contributed by atoms with E-state index in [1.165, 1.54) is 22.8 Å². The zero-order valence-electron chi connectivity index (χ0n) is 17.3. The fraction of sp³-hybridized carbons (Fsp3) is 0.435. The van der Waals surface area contributed by atoms with Gasteiger partial charge in [-0.1, -0.05) is 28.9 Å². The highest BCUT2D eigenvalue weighted by atomic mass is 16.5. The summed E-state index contributed by atoms with van der Waals surface area (Å²) in [6.45, 7) is 8.93. The van der Waals surface area contributed by atoms with Gasteiger partial charge in [0.1, 0.15) is 6.61 Å². The summed E-state index contributed by atoms with van der Waals surface area (Å²) in [6, 6.07) is 1.34. The Morgan fingerprint density at radius 2 is 1.71 bits per heavy atom. The van der Waals surface area contributed by atoms with Crippen LogP contribution in [0, 0.1) is 0 Å². The molecule has 2 rings (SSSR count). The molecule has 0 aromatic heterocycles. The molecule has 3 N–H and O–H groups in total. The van der Waals surface area contributed by atoms with E-state index in [-0.39, 0.29) is 36.3 Å². The summed E-state index contributed by atoms with van der Waals surface area (Å²) in [4.78, 5) is 11.6. The minimum atomic E-state index is -0.299. The number of nitrogens with one attached hydrogen (secondary N) is 1. The topological polar surface area (TPSA) is 78.8 Å². The van der Waals surface area contributed by atoms with Gasteiger partial charge in [0.05, 0.1) is 5.56 Å². The second-order valence-electron chi connectivity index (χ2n) is 7.55. The van der Waals surface area contributed by atoms with Crippen LogP contribution in [-0.2, 0) is 6.54 Å². The number of hydrogen-bond acceptors (Lipinski definition) is 4. The van der Waals surface area contributed by atoms with E-state index in [0.29, 0.717) is 11.1 Å². The second-order valence-corrected chi connectivity index (χ2v) is 7.55. The molecule has 152 valence electrons. The predicted molar refractivity (Wildman–Crippen MR) is 112 cm³/mol. The van der Waals surface area contributed by atoms with Crippen molar-refractivity contribution in [2.24, 2.45) is 0 Å². The minimum Gasteiger partial charge on any atom is -0.504 e. The van der Waals surface area contributed by atoms with Crippen LogP contribution in [-0.4, -0.2) is 22.7 Å². The van der Waals surface area contributed by atoms with Crippen molar-refractivity contribution in [2.75, 3.05) is 6.61 Å². The van der Waals surface area contributed by atoms with Gasteiger partial charge in [-0.05, 0) is 65.5 Å². The molecule has 1 amide bonds. The molecule has 28 heavy (non-hydrogen) atoms. The van der Waals surface area contributed by atoms with Crippen LogP contribution in [0.1, 0.15) is 69.3 Å². The molecular weight excluding hydrogens is 354 g/mol. The van der Waals surface area contributed by atoms with Crippen molar-refractivity contribution in [3.8, 4) is 17.2 Å². The summed E-state index contributed by atoms with van der Waals surface area (Å²) >= 11 is 0. The third-order valence-electron chi connectivity index (χ3n) is 4.79. The van der Waals surface area contributed by atoms with Gasteiger partial charge in [0.2, 0.25) is 5.75 Å². The third kappa shape index (κ3) is 5.91. The van der Waals surface area contributed by atoms with E-state index in [1.54, 1.807) is 0 Å². The van der Waals surface area contributed by atoms with Gasteiger partial charge in [0, 0.05) is 12.1 Å². The van der Waals surface area contributed by atoms with E-state index in [0.717, 1.165) is 25.7 Å². The Balaban J connectivity index is 1.85. The molecule has 0 unspecified atom stereocenters. The predicted octanol–water partition coefficient (Wildman–Crippen LogP) is 5.14. The van der Waals surface area contributed by atoms with Gasteiger partial charge in [-0.25, -0.2) is 0 Å². The van der Waals surface area contributed by atoms with Gasteiger partial charge in [-0.3, -0.25) is 4.79 Å². The van der Waals surface area contributed by atoms with Crippen molar-refractivity contribution >= 4 is 5.91 Å². The van der Waals surface area contributed by atoms with Crippen LogP contribution >= 0.6 is 0 Å². The van der Waals surface area contributed by atoms with Crippen LogP contribution in [0.2, 0.25) is 0 Å². The third-order valence-corrected chi connectivity index (χ3v) is 4.79. The van der Waals surface area contributed by atoms with Crippen molar-refractivity contribution in [2.45, 2.75) is 59.9 Å². The lowest BCUT2D eigenvalue weighted by Crippen LogP contribution is -2.12. The SMILES string of the molecule is CC(C)=CCCC(C)=CCCC(C)=CCOc1c(O)cc2c(c1O)CNC2=O. The van der Waals surface area contributed by atoms with Crippen LogP contribution in [0.3, 0.4) is 0 Å². The Kier molecular flexibility index (Phi) is 7.73. The Hall–Kier alpha value is -2.69. The number of carbonyl (C=O) groups excluding carboxylic acids is 1. The van der Waals surface area contributed by atoms with E-state index >= 15 is 0 Å². The van der Waals surface area contributed by atoms with Gasteiger partial charge < -0.3 is 20.3 Å². The number of fused-ring (bicyclic) bond motifs is 1. The van der Waals surface area contributed by atoms with Crippen LogP contribution in [0.25, 0.3) is 0 Å². The Labute approximate surface area is 167 Å². The number of carbonyl (C=O) groups is 1. The first-order chi connectivity index (χ1) is 13.3. The van der Waals surface area contributed by atoms with Crippen LogP contribution < -0.4 is 10.1 Å². The number of rotatable bonds is 9. The summed E-state index contributed by atoms with van der Waals surface area (Å²) < 4.78 is 5.56. The summed E-state index contributed by atoms with van der Waals surface area (Å²) in [6.07, 6.45) is 10.6. The largest absolute Gasteiger partial charge is 0.504 e. The number of hydrogen-bond donors (Lipinski definition) is 3. The maximum atomic E-state index is 11.6. The lowest BCUT2D eigenvalue weighted by molar-refractivity contribution is 0.0965. The lowest BCUT2D eigenvalue weighted by Gasteiger charge is -2.11. The molecule has 1 aliphatic rings. The normalized spacial score (nSPS) is 13.9. The monoisotopic (exact) mass is 385 g/mol. The maximum Gasteiger partial charge on any atom is 0.252 e. The molecule has 0 atom stereocenters. The molecule has 0 radical (unpaired) electrons. The molecule has 1 heterocycles. The van der Waals surface area contributed by atoms with Crippen molar-refractivity contribution in [3.63, 3.8) is 0 Å². The molecule has 5 heteroatoms. The molecule has 0 spiro atoms. The molecule has 1 aromatic rings. The van der Waals surface area contributed by atoms with Crippen molar-refractivity contribution in [1.82, 2.24) is 5.32 Å². The van der Waals surface area contributed by atoms with Gasteiger partial charge in [0.25, 0.3) is 5.91 Å². The highest BCUT2D eigenvalue weighted by Gasteiger charge is 2.27. The standard InChI is InChI=1S/C23H31NO4/c1-15(2)7-5-8-16(3)9-6-10-17(4)11-12-28-22-20(25)13-18-19(21(22)26)14-24-23(18)27/h7,9,11,13,25-26H,5-6,8,10,12,14H2,1-4H3,(H,24,27). The number of aromatic hydroxyl groups is 2. The van der Waals surface area contributed by atoms with E-state index in [1.807, 2.05) is 13.0 Å². The molecular formula is C23H31NO4. The summed E-state index contributed by atoms with van der Waals surface area (Å²) in [5, 5.41) is 22.9. The second kappa shape index (κ2) is 10.0. The van der Waals surface area contributed by atoms with E-state index < -0.39 is 0 Å². The van der Waals surface area contributed by atoms with E-state index in [4.69, 9.17) is 4.74 Å². The average molecular weight is 386 g/mol. The highest BCUT2D eigenvalue weighted by molar-refractivity contribution is 6.00. The fourth-order valence-corrected chi connectivity index (χ4v) is 3.07. The highest BCUT2D eigenvalue weighted by Crippen LogP contribution is 2.42. The Bertz CT molecular complexity index is 814. The molecule has 0 saturated carbocycles. The summed E-state index contributed by atoms with van der Waals surface area (Å²) in [5.74, 6) is -0.676. The van der Waals surface area contributed by atoms with Crippen LogP contribution in [0.15, 0.2) is 41.0 Å². The van der Waals surface area contributed by atoms with E-state index in [2.05, 4.69) is 38.2 Å². The number of amides is 1. The molecule has 0 bridgehead atoms. The number of benzene rings is 1. The molecule has 1 aromatic carbocycles. The number of phenols is 2. The quantitative estimate of drug-likeness (QED) is 0.514. The zero-order valence-corrected chi connectivity index (χ0v) is 17.3. The fourth-order valence-electron chi connectivity index (χ4n) is 3.07. The van der Waals surface area contributed by atoms with Crippen molar-refractivity contribution in [1.29, 1.82) is 0 Å². The molecule has 0 aliphatic carbocycles. The zero-order chi connectivity index (χ0) is 20.7. The smallest absolute Gasteiger partial charge is 0.252 e. The van der Waals surface area contributed by atoms with Gasteiger partial charge in [-0.15, -0.1) is 0 Å². The number of allylic oxidation sites excluding steroid dienone is 5. The first-order valence-corrected chi connectivity index (χ1v) is 9.73. The Morgan fingerprint density at radius 3 is 2.39 bits per heavy atom. The summed E-state index contributed by atoms with van der Waals surface area (Å²) in [7, 11) is 0. The molecule has 0 saturated heterocycles. The van der Waals surface area contributed by atoms with E-state index in [9.17, 15) is 15.0 Å². The van der Waals surface area contributed by atoms with Gasteiger partial charge in [0.15, 0.2) is 11.5 Å². The van der Waals surface area contributed by atoms with Gasteiger partial charge >= 0.3 is 0 Å². The number of ether oxygens (including phenoxy) is 1. The Morgan fingerprint density at radius 1 is 1.07 bits per heavy atom. The van der Waals surface area contributed by atoms with Crippen LogP contribution in [0.5, 0.6) is 17.2 Å². The van der Waals surface area contributed by atoms with Gasteiger partial charge in [-0.2, -0.15) is 0 Å². The maximum absolute atomic E-state index is 11.6. The molecule has 0 fully saturated rings. The van der Waals surface area contributed by atoms with Crippen molar-refractivity contribution < 1.29 is 19.7 Å².